The van der Waals surface area contributed by atoms with Crippen LogP contribution in [0.25, 0.3) is 0 Å². The summed E-state index contributed by atoms with van der Waals surface area (Å²) in [5.41, 5.74) is 3.55. The normalized spacial score (nSPS) is 18.9. The van der Waals surface area contributed by atoms with Gasteiger partial charge < -0.3 is 9.64 Å². The first-order chi connectivity index (χ1) is 22.1. The third-order valence-corrected chi connectivity index (χ3v) is 10.00. The topological polar surface area (TPSA) is 82.5 Å². The van der Waals surface area contributed by atoms with Crippen LogP contribution in [0, 0.1) is 0 Å². The van der Waals surface area contributed by atoms with Gasteiger partial charge >= 0.3 is 6.03 Å². The van der Waals surface area contributed by atoms with Crippen molar-refractivity contribution in [3.05, 3.63) is 99.0 Å². The molecule has 1 saturated heterocycles. The Morgan fingerprint density at radius 2 is 1.48 bits per heavy atom. The van der Waals surface area contributed by atoms with E-state index in [2.05, 4.69) is 37.8 Å². The van der Waals surface area contributed by atoms with Crippen LogP contribution in [0.1, 0.15) is 69.0 Å². The molecule has 8 nitrogen and oxygen atoms in total. The van der Waals surface area contributed by atoms with E-state index in [1.165, 1.54) is 6.26 Å². The zero-order valence-corrected chi connectivity index (χ0v) is 31.5. The van der Waals surface area contributed by atoms with Crippen LogP contribution in [-0.4, -0.2) is 85.8 Å². The predicted molar refractivity (Wildman–Crippen MR) is 198 cm³/mol. The van der Waals surface area contributed by atoms with Crippen LogP contribution in [0.5, 0.6) is 5.75 Å². The van der Waals surface area contributed by atoms with Gasteiger partial charge in [0.1, 0.15) is 27.5 Å². The lowest BCUT2D eigenvalue weighted by Gasteiger charge is -2.39. The molecule has 0 spiro atoms. The average Bonchev–Trinajstić information content (AvgIpc) is 3.40. The van der Waals surface area contributed by atoms with Crippen molar-refractivity contribution in [2.45, 2.75) is 58.2 Å². The van der Waals surface area contributed by atoms with Crippen LogP contribution in [-0.2, 0) is 15.3 Å². The van der Waals surface area contributed by atoms with Crippen molar-refractivity contribution in [1.29, 1.82) is 0 Å². The van der Waals surface area contributed by atoms with Gasteiger partial charge in [-0.1, -0.05) is 74.3 Å². The van der Waals surface area contributed by atoms with E-state index in [0.29, 0.717) is 54.4 Å². The van der Waals surface area contributed by atoms with Gasteiger partial charge in [0.05, 0.1) is 23.5 Å². The lowest BCUT2D eigenvalue weighted by molar-refractivity contribution is 0.122. The molecule has 2 amide bonds. The number of carbonyl (C=O) groups is 1. The molecule has 0 aliphatic carbocycles. The SMILES string of the molecule is CC(C)Oc1cc(C(C)(C)C)ccc1C1=N[C@@H](c2ccc(Cl)cc2)[C@@H](c2ccc(Cl)cc2)N1C(=O)N1CCN(CCS(C)(=O)=O)CC1.Cl. The fourth-order valence-electron chi connectivity index (χ4n) is 5.99. The molecule has 0 unspecified atom stereocenters. The van der Waals surface area contributed by atoms with E-state index < -0.39 is 21.9 Å². The average molecular weight is 736 g/mol. The summed E-state index contributed by atoms with van der Waals surface area (Å²) in [4.78, 5) is 25.9. The molecule has 0 bridgehead atoms. The third-order valence-electron chi connectivity index (χ3n) is 8.57. The lowest BCUT2D eigenvalue weighted by Crippen LogP contribution is -2.54. The predicted octanol–water partition coefficient (Wildman–Crippen LogP) is 7.83. The second kappa shape index (κ2) is 15.4. The van der Waals surface area contributed by atoms with E-state index in [9.17, 15) is 13.2 Å². The van der Waals surface area contributed by atoms with Gasteiger partial charge in [-0.3, -0.25) is 14.8 Å². The zero-order valence-electron chi connectivity index (χ0n) is 28.3. The number of halogens is 3. The van der Waals surface area contributed by atoms with Crippen LogP contribution in [0.2, 0.25) is 10.0 Å². The molecule has 0 radical (unpaired) electrons. The molecule has 1 fully saturated rings. The van der Waals surface area contributed by atoms with Crippen molar-refractivity contribution in [3.8, 4) is 5.75 Å². The summed E-state index contributed by atoms with van der Waals surface area (Å²) < 4.78 is 30.0. The Morgan fingerprint density at radius 1 is 0.917 bits per heavy atom. The second-order valence-corrected chi connectivity index (χ2v) is 16.8. The Balaban J connectivity index is 0.00000520. The Hall–Kier alpha value is -2.82. The highest BCUT2D eigenvalue weighted by Crippen LogP contribution is 2.46. The molecule has 2 heterocycles. The highest BCUT2D eigenvalue weighted by molar-refractivity contribution is 7.90. The molecule has 0 aromatic heterocycles. The first-order valence-corrected chi connectivity index (χ1v) is 18.8. The highest BCUT2D eigenvalue weighted by atomic mass is 35.5. The van der Waals surface area contributed by atoms with Crippen molar-refractivity contribution in [1.82, 2.24) is 14.7 Å². The molecule has 48 heavy (non-hydrogen) atoms. The minimum atomic E-state index is -3.08. The van der Waals surface area contributed by atoms with Gasteiger partial charge in [-0.15, -0.1) is 12.4 Å². The number of aliphatic imine (C=N–C) groups is 1. The number of carbonyl (C=O) groups excluding carboxylic acids is 1. The number of piperazine rings is 1. The summed E-state index contributed by atoms with van der Waals surface area (Å²) in [6.07, 6.45) is 1.15. The van der Waals surface area contributed by atoms with E-state index in [4.69, 9.17) is 32.9 Å². The zero-order chi connectivity index (χ0) is 34.1. The second-order valence-electron chi connectivity index (χ2n) is 13.7. The number of benzene rings is 3. The molecule has 3 aromatic carbocycles. The quantitative estimate of drug-likeness (QED) is 0.236. The maximum absolute atomic E-state index is 14.8. The highest BCUT2D eigenvalue weighted by Gasteiger charge is 2.45. The van der Waals surface area contributed by atoms with Gasteiger partial charge in [0, 0.05) is 49.0 Å². The van der Waals surface area contributed by atoms with Crippen LogP contribution in [0.4, 0.5) is 4.79 Å². The van der Waals surface area contributed by atoms with E-state index in [-0.39, 0.29) is 35.7 Å². The summed E-state index contributed by atoms with van der Waals surface area (Å²) in [6.45, 7) is 13.0. The molecule has 260 valence electrons. The summed E-state index contributed by atoms with van der Waals surface area (Å²) in [5.74, 6) is 1.29. The van der Waals surface area contributed by atoms with E-state index in [0.717, 1.165) is 22.3 Å². The van der Waals surface area contributed by atoms with Gasteiger partial charge in [-0.2, -0.15) is 0 Å². The maximum atomic E-state index is 14.8. The van der Waals surface area contributed by atoms with Gasteiger partial charge in [-0.25, -0.2) is 13.2 Å². The number of ether oxygens (including phenoxy) is 1. The van der Waals surface area contributed by atoms with Gasteiger partial charge in [0.15, 0.2) is 0 Å². The fraction of sp³-hybridized carbons (Fsp3) is 0.444. The molecule has 0 saturated carbocycles. The number of sulfone groups is 1. The van der Waals surface area contributed by atoms with Crippen LogP contribution in [0.15, 0.2) is 71.7 Å². The summed E-state index contributed by atoms with van der Waals surface area (Å²) in [7, 11) is -3.08. The minimum absolute atomic E-state index is 0. The van der Waals surface area contributed by atoms with Gasteiger partial charge in [0.2, 0.25) is 0 Å². The monoisotopic (exact) mass is 734 g/mol. The van der Waals surface area contributed by atoms with E-state index in [1.807, 2.05) is 78.2 Å². The van der Waals surface area contributed by atoms with Gasteiger partial charge in [0.25, 0.3) is 0 Å². The standard InChI is InChI=1S/C36H44Cl2N4O4S.ClH/c1-24(2)46-31-23-27(36(3,4)5)11-16-30(31)34-39-32(25-7-12-28(37)13-8-25)33(26-9-14-29(38)15-10-26)42(34)35(43)41-19-17-40(18-20-41)21-22-47(6,44)45;/h7-16,23-24,32-33H,17-22H2,1-6H3;1H/t32-,33+;/m0./s1. The molecule has 0 N–H and O–H groups in total. The molecular formula is C36H45Cl3N4O4S. The molecule has 12 heteroatoms. The minimum Gasteiger partial charge on any atom is -0.490 e. The van der Waals surface area contributed by atoms with E-state index >= 15 is 0 Å². The molecule has 2 atom stereocenters. The van der Waals surface area contributed by atoms with Crippen molar-refractivity contribution in [2.24, 2.45) is 4.99 Å². The first kappa shape index (κ1) is 38.0. The number of amides is 2. The van der Waals surface area contributed by atoms with Crippen molar-refractivity contribution in [2.75, 3.05) is 44.7 Å². The largest absolute Gasteiger partial charge is 0.490 e. The number of urea groups is 1. The molecule has 2 aliphatic heterocycles. The number of hydrogen-bond acceptors (Lipinski definition) is 6. The Labute approximate surface area is 301 Å². The summed E-state index contributed by atoms with van der Waals surface area (Å²) >= 11 is 12.6. The summed E-state index contributed by atoms with van der Waals surface area (Å²) in [6, 6.07) is 20.3. The Morgan fingerprint density at radius 3 is 2.00 bits per heavy atom. The molecular weight excluding hydrogens is 691 g/mol. The van der Waals surface area contributed by atoms with Crippen LogP contribution in [0.3, 0.4) is 0 Å². The molecule has 2 aliphatic rings. The lowest BCUT2D eigenvalue weighted by atomic mass is 9.86. The van der Waals surface area contributed by atoms with Crippen molar-refractivity contribution in [3.63, 3.8) is 0 Å². The smallest absolute Gasteiger partial charge is 0.326 e. The number of rotatable bonds is 8. The van der Waals surface area contributed by atoms with E-state index in [1.54, 1.807) is 0 Å². The van der Waals surface area contributed by atoms with Gasteiger partial charge in [-0.05, 0) is 72.4 Å². The fourth-order valence-corrected chi connectivity index (χ4v) is 6.83. The Kier molecular flexibility index (Phi) is 12.2. The number of nitrogens with zero attached hydrogens (tertiary/aromatic N) is 4. The van der Waals surface area contributed by atoms with Crippen molar-refractivity contribution < 1.29 is 17.9 Å². The first-order valence-electron chi connectivity index (χ1n) is 16.0. The molecule has 3 aromatic rings. The summed E-state index contributed by atoms with van der Waals surface area (Å²) in [5, 5.41) is 1.22. The number of hydrogen-bond donors (Lipinski definition) is 0. The van der Waals surface area contributed by atoms with Crippen LogP contribution < -0.4 is 4.74 Å². The Bertz CT molecular complexity index is 1720. The third kappa shape index (κ3) is 9.04. The van der Waals surface area contributed by atoms with Crippen molar-refractivity contribution >= 4 is 57.3 Å². The number of amidine groups is 1. The maximum Gasteiger partial charge on any atom is 0.326 e. The van der Waals surface area contributed by atoms with Crippen LogP contribution >= 0.6 is 35.6 Å². The molecule has 5 rings (SSSR count).